The minimum atomic E-state index is -0.625. The van der Waals surface area contributed by atoms with Gasteiger partial charge in [0.15, 0.2) is 0 Å². The average molecular weight is 278 g/mol. The number of hydrogen-bond acceptors (Lipinski definition) is 5. The van der Waals surface area contributed by atoms with Crippen molar-refractivity contribution in [1.29, 1.82) is 0 Å². The maximum absolute atomic E-state index is 12.7. The molecule has 0 aliphatic carbocycles. The molecule has 1 aromatic heterocycles. The maximum Gasteiger partial charge on any atom is 0.327 e. The molecule has 2 aliphatic rings. The maximum atomic E-state index is 12.7. The van der Waals surface area contributed by atoms with Gasteiger partial charge in [0, 0.05) is 17.5 Å². The number of rotatable bonds is 2. The van der Waals surface area contributed by atoms with Crippen LogP contribution in [0.4, 0.5) is 0 Å². The second-order valence-electron chi connectivity index (χ2n) is 7.02. The highest BCUT2D eigenvalue weighted by molar-refractivity contribution is 5.84. The van der Waals surface area contributed by atoms with Gasteiger partial charge < -0.3 is 9.26 Å². The Hall–Kier alpha value is -1.36. The quantitative estimate of drug-likeness (QED) is 0.841. The van der Waals surface area contributed by atoms with Crippen LogP contribution < -0.4 is 5.32 Å². The van der Waals surface area contributed by atoms with Gasteiger partial charge in [0.25, 0.3) is 0 Å². The number of nitrogens with zero attached hydrogens (tertiary/aromatic N) is 1. The van der Waals surface area contributed by atoms with E-state index in [9.17, 15) is 4.79 Å². The van der Waals surface area contributed by atoms with E-state index in [4.69, 9.17) is 9.26 Å². The molecule has 110 valence electrons. The van der Waals surface area contributed by atoms with Crippen molar-refractivity contribution in [2.75, 3.05) is 0 Å². The Balaban J connectivity index is 1.93. The molecule has 2 fully saturated rings. The number of carbonyl (C=O) groups excluding carboxylic acids is 1. The molecule has 3 heterocycles. The van der Waals surface area contributed by atoms with Gasteiger partial charge in [0.2, 0.25) is 0 Å². The monoisotopic (exact) mass is 278 g/mol. The van der Waals surface area contributed by atoms with Crippen LogP contribution in [0.2, 0.25) is 0 Å². The van der Waals surface area contributed by atoms with Crippen molar-refractivity contribution >= 4 is 5.97 Å². The van der Waals surface area contributed by atoms with Gasteiger partial charge in [0.1, 0.15) is 17.4 Å². The van der Waals surface area contributed by atoms with Crippen LogP contribution in [0.3, 0.4) is 0 Å². The van der Waals surface area contributed by atoms with E-state index in [1.54, 1.807) is 6.26 Å². The predicted molar refractivity (Wildman–Crippen MR) is 73.3 cm³/mol. The van der Waals surface area contributed by atoms with Crippen molar-refractivity contribution in [3.8, 4) is 0 Å². The smallest absolute Gasteiger partial charge is 0.327 e. The highest BCUT2D eigenvalue weighted by Crippen LogP contribution is 2.49. The summed E-state index contributed by atoms with van der Waals surface area (Å²) >= 11 is 0. The van der Waals surface area contributed by atoms with Gasteiger partial charge in [-0.1, -0.05) is 5.16 Å². The summed E-state index contributed by atoms with van der Waals surface area (Å²) in [6.07, 6.45) is 4.40. The van der Waals surface area contributed by atoms with Gasteiger partial charge in [-0.3, -0.25) is 10.1 Å². The Kier molecular flexibility index (Phi) is 2.94. The highest BCUT2D eigenvalue weighted by Gasteiger charge is 2.59. The van der Waals surface area contributed by atoms with Gasteiger partial charge in [-0.2, -0.15) is 0 Å². The zero-order chi connectivity index (χ0) is 14.5. The lowest BCUT2D eigenvalue weighted by Crippen LogP contribution is -2.51. The molecule has 0 radical (unpaired) electrons. The van der Waals surface area contributed by atoms with E-state index >= 15 is 0 Å². The van der Waals surface area contributed by atoms with Crippen LogP contribution in [0.5, 0.6) is 0 Å². The van der Waals surface area contributed by atoms with Crippen LogP contribution in [0.1, 0.15) is 57.2 Å². The van der Waals surface area contributed by atoms with Gasteiger partial charge >= 0.3 is 5.97 Å². The first-order chi connectivity index (χ1) is 9.32. The van der Waals surface area contributed by atoms with Crippen LogP contribution in [0, 0.1) is 6.92 Å². The fraction of sp³-hybridized carbons (Fsp3) is 0.733. The lowest BCUT2D eigenvalue weighted by Gasteiger charge is -2.34. The number of hydrogen-bond donors (Lipinski definition) is 1. The molecular formula is C15H22N2O3. The van der Waals surface area contributed by atoms with Crippen LogP contribution in [0.25, 0.3) is 0 Å². The topological polar surface area (TPSA) is 64.4 Å². The van der Waals surface area contributed by atoms with E-state index in [0.29, 0.717) is 6.04 Å². The number of aromatic nitrogens is 1. The van der Waals surface area contributed by atoms with Crippen LogP contribution in [-0.4, -0.2) is 28.3 Å². The number of carbonyl (C=O) groups is 1. The summed E-state index contributed by atoms with van der Waals surface area (Å²) in [6, 6.07) is 0.378. The zero-order valence-corrected chi connectivity index (χ0v) is 12.5. The molecule has 0 spiro atoms. The molecular weight excluding hydrogens is 256 g/mol. The Bertz CT molecular complexity index is 531. The number of ether oxygens (including phenoxy) is 1. The summed E-state index contributed by atoms with van der Waals surface area (Å²) in [7, 11) is 0. The van der Waals surface area contributed by atoms with Crippen molar-refractivity contribution in [3.63, 3.8) is 0 Å². The van der Waals surface area contributed by atoms with Crippen molar-refractivity contribution in [3.05, 3.63) is 17.5 Å². The molecule has 2 saturated heterocycles. The Morgan fingerprint density at radius 2 is 2.30 bits per heavy atom. The van der Waals surface area contributed by atoms with Crippen molar-refractivity contribution in [2.24, 2.45) is 0 Å². The van der Waals surface area contributed by atoms with Crippen molar-refractivity contribution < 1.29 is 14.1 Å². The fourth-order valence-corrected chi connectivity index (χ4v) is 3.50. The van der Waals surface area contributed by atoms with Gasteiger partial charge in [-0.05, 0) is 47.0 Å². The van der Waals surface area contributed by atoms with Gasteiger partial charge in [-0.25, -0.2) is 0 Å². The normalized spacial score (nSPS) is 32.6. The summed E-state index contributed by atoms with van der Waals surface area (Å²) < 4.78 is 10.7. The number of fused-ring (bicyclic) bond motifs is 2. The third-order valence-electron chi connectivity index (χ3n) is 4.34. The van der Waals surface area contributed by atoms with Gasteiger partial charge in [-0.15, -0.1) is 0 Å². The first-order valence-electron chi connectivity index (χ1n) is 7.24. The predicted octanol–water partition coefficient (Wildman–Crippen LogP) is 2.30. The first-order valence-corrected chi connectivity index (χ1v) is 7.24. The molecule has 0 saturated carbocycles. The molecule has 3 rings (SSSR count). The van der Waals surface area contributed by atoms with Crippen molar-refractivity contribution in [2.45, 2.75) is 70.1 Å². The summed E-state index contributed by atoms with van der Waals surface area (Å²) in [5, 5.41) is 7.59. The minimum Gasteiger partial charge on any atom is -0.459 e. The molecule has 5 nitrogen and oxygen atoms in total. The van der Waals surface area contributed by atoms with E-state index in [2.05, 4.69) is 10.5 Å². The van der Waals surface area contributed by atoms with E-state index in [1.807, 2.05) is 27.7 Å². The fourth-order valence-electron chi connectivity index (χ4n) is 3.50. The first kappa shape index (κ1) is 13.6. The lowest BCUT2D eigenvalue weighted by molar-refractivity contribution is -0.163. The van der Waals surface area contributed by atoms with Crippen molar-refractivity contribution in [1.82, 2.24) is 10.5 Å². The van der Waals surface area contributed by atoms with E-state index in [-0.39, 0.29) is 11.9 Å². The van der Waals surface area contributed by atoms with E-state index in [0.717, 1.165) is 30.5 Å². The molecule has 2 aliphatic heterocycles. The molecule has 20 heavy (non-hydrogen) atoms. The standard InChI is InChI=1S/C15H22N2O3/c1-9-8-19-17-12(9)11-7-10-5-6-15(11,16-10)13(18)20-14(2,3)4/h8,10-11,16H,5-7H2,1-4H3. The van der Waals surface area contributed by atoms with Crippen LogP contribution in [0.15, 0.2) is 10.8 Å². The summed E-state index contributed by atoms with van der Waals surface area (Å²) in [5.41, 5.74) is 0.801. The summed E-state index contributed by atoms with van der Waals surface area (Å²) in [6.45, 7) is 7.68. The molecule has 1 aromatic rings. The Morgan fingerprint density at radius 1 is 1.55 bits per heavy atom. The summed E-state index contributed by atoms with van der Waals surface area (Å²) in [5.74, 6) is -0.104. The number of aryl methyl sites for hydroxylation is 1. The second kappa shape index (κ2) is 4.32. The average Bonchev–Trinajstić information content (AvgIpc) is 2.99. The molecule has 3 atom stereocenters. The zero-order valence-electron chi connectivity index (χ0n) is 12.5. The highest BCUT2D eigenvalue weighted by atomic mass is 16.6. The summed E-state index contributed by atoms with van der Waals surface area (Å²) in [4.78, 5) is 12.7. The molecule has 1 N–H and O–H groups in total. The van der Waals surface area contributed by atoms with Crippen LogP contribution >= 0.6 is 0 Å². The molecule has 0 amide bonds. The minimum absolute atomic E-state index is 0.0508. The molecule has 0 aromatic carbocycles. The molecule has 5 heteroatoms. The Morgan fingerprint density at radius 3 is 2.85 bits per heavy atom. The lowest BCUT2D eigenvalue weighted by atomic mass is 9.75. The third-order valence-corrected chi connectivity index (χ3v) is 4.34. The number of nitrogens with one attached hydrogen (secondary N) is 1. The van der Waals surface area contributed by atoms with E-state index < -0.39 is 11.1 Å². The Labute approximate surface area is 119 Å². The van der Waals surface area contributed by atoms with Gasteiger partial charge in [0.05, 0.1) is 5.69 Å². The molecule has 3 unspecified atom stereocenters. The largest absolute Gasteiger partial charge is 0.459 e. The third kappa shape index (κ3) is 2.04. The van der Waals surface area contributed by atoms with Crippen LogP contribution in [-0.2, 0) is 9.53 Å². The van der Waals surface area contributed by atoms with E-state index in [1.165, 1.54) is 0 Å². The second-order valence-corrected chi connectivity index (χ2v) is 7.02. The number of esters is 1. The SMILES string of the molecule is Cc1conc1C1CC2CCC1(C(=O)OC(C)(C)C)N2. The molecule has 2 bridgehead atoms.